The summed E-state index contributed by atoms with van der Waals surface area (Å²) in [5.41, 5.74) is 5.67. The summed E-state index contributed by atoms with van der Waals surface area (Å²) in [4.78, 5) is 13.7. The molecule has 1 fully saturated rings. The second-order valence-electron chi connectivity index (χ2n) is 5.74. The van der Waals surface area contributed by atoms with E-state index in [1.54, 1.807) is 0 Å². The summed E-state index contributed by atoms with van der Waals surface area (Å²) in [7, 11) is 0. The van der Waals surface area contributed by atoms with Crippen LogP contribution < -0.4 is 5.32 Å². The molecule has 110 valence electrons. The zero-order valence-electron chi connectivity index (χ0n) is 13.0. The van der Waals surface area contributed by atoms with Gasteiger partial charge in [0.05, 0.1) is 0 Å². The molecule has 0 amide bonds. The molecule has 4 heteroatoms. The molecule has 2 aromatic rings. The van der Waals surface area contributed by atoms with E-state index in [2.05, 4.69) is 31.1 Å². The first-order valence-electron chi connectivity index (χ1n) is 7.69. The van der Waals surface area contributed by atoms with Gasteiger partial charge >= 0.3 is 0 Å². The van der Waals surface area contributed by atoms with E-state index in [0.717, 1.165) is 35.7 Å². The normalized spacial score (nSPS) is 14.4. The van der Waals surface area contributed by atoms with Gasteiger partial charge in [-0.2, -0.15) is 0 Å². The molecule has 2 aromatic heterocycles. The van der Waals surface area contributed by atoms with Crippen molar-refractivity contribution in [1.29, 1.82) is 0 Å². The molecule has 0 aliphatic heterocycles. The van der Waals surface area contributed by atoms with Crippen LogP contribution in [0.3, 0.4) is 0 Å². The second-order valence-corrected chi connectivity index (χ2v) is 5.74. The highest BCUT2D eigenvalue weighted by molar-refractivity contribution is 5.59. The summed E-state index contributed by atoms with van der Waals surface area (Å²) in [5.74, 6) is 0.819. The van der Waals surface area contributed by atoms with Gasteiger partial charge in [0.1, 0.15) is 0 Å². The number of aryl methyl sites for hydroxylation is 3. The summed E-state index contributed by atoms with van der Waals surface area (Å²) in [6.45, 7) is 7.16. The Hall–Kier alpha value is -1.81. The van der Waals surface area contributed by atoms with Crippen molar-refractivity contribution in [2.45, 2.75) is 52.6 Å². The van der Waals surface area contributed by atoms with Gasteiger partial charge in [-0.1, -0.05) is 6.92 Å². The minimum Gasteiger partial charge on any atom is -0.310 e. The lowest BCUT2D eigenvalue weighted by Gasteiger charge is -2.13. The fourth-order valence-corrected chi connectivity index (χ4v) is 2.58. The molecule has 0 atom stereocenters. The molecule has 1 N–H and O–H groups in total. The van der Waals surface area contributed by atoms with Crippen LogP contribution in [0.2, 0.25) is 0 Å². The molecule has 0 aromatic carbocycles. The van der Waals surface area contributed by atoms with Gasteiger partial charge in [-0.15, -0.1) is 0 Å². The second kappa shape index (κ2) is 5.90. The fourth-order valence-electron chi connectivity index (χ4n) is 2.58. The van der Waals surface area contributed by atoms with Gasteiger partial charge in [0.25, 0.3) is 0 Å². The molecule has 21 heavy (non-hydrogen) atoms. The number of nitrogens with one attached hydrogen (secondary N) is 1. The number of hydrogen-bond donors (Lipinski definition) is 1. The molecule has 1 aliphatic carbocycles. The molecule has 2 heterocycles. The van der Waals surface area contributed by atoms with Crippen molar-refractivity contribution in [1.82, 2.24) is 20.3 Å². The molecule has 0 radical (unpaired) electrons. The number of rotatable bonds is 5. The summed E-state index contributed by atoms with van der Waals surface area (Å²) in [5, 5.41) is 3.55. The van der Waals surface area contributed by atoms with E-state index < -0.39 is 0 Å². The number of nitrogens with zero attached hydrogens (tertiary/aromatic N) is 3. The van der Waals surface area contributed by atoms with Crippen LogP contribution in [0, 0.1) is 13.8 Å². The van der Waals surface area contributed by atoms with E-state index in [9.17, 15) is 0 Å². The SMILES string of the molecule is CCc1cnccc1-c1nc(C)c(CNC2CC2)c(C)n1. The van der Waals surface area contributed by atoms with Gasteiger partial charge in [-0.25, -0.2) is 9.97 Å². The first kappa shape index (κ1) is 14.1. The average molecular weight is 282 g/mol. The Morgan fingerprint density at radius 1 is 1.19 bits per heavy atom. The Morgan fingerprint density at radius 2 is 1.90 bits per heavy atom. The Kier molecular flexibility index (Phi) is 3.97. The zero-order chi connectivity index (χ0) is 14.8. The van der Waals surface area contributed by atoms with Gasteiger partial charge in [0.15, 0.2) is 5.82 Å². The molecule has 0 unspecified atom stereocenters. The van der Waals surface area contributed by atoms with Crippen molar-refractivity contribution < 1.29 is 0 Å². The third kappa shape index (κ3) is 3.10. The van der Waals surface area contributed by atoms with E-state index in [1.807, 2.05) is 18.5 Å². The van der Waals surface area contributed by atoms with Gasteiger partial charge in [-0.3, -0.25) is 4.98 Å². The molecular formula is C17H22N4. The summed E-state index contributed by atoms with van der Waals surface area (Å²) in [6, 6.07) is 2.71. The number of hydrogen-bond acceptors (Lipinski definition) is 4. The third-order valence-corrected chi connectivity index (χ3v) is 4.09. The molecule has 0 spiro atoms. The van der Waals surface area contributed by atoms with Crippen LogP contribution in [0.15, 0.2) is 18.5 Å². The molecule has 1 saturated carbocycles. The lowest BCUT2D eigenvalue weighted by atomic mass is 10.1. The first-order chi connectivity index (χ1) is 10.2. The summed E-state index contributed by atoms with van der Waals surface area (Å²) >= 11 is 0. The van der Waals surface area contributed by atoms with Crippen LogP contribution >= 0.6 is 0 Å². The maximum absolute atomic E-state index is 4.73. The van der Waals surface area contributed by atoms with Gasteiger partial charge in [0, 0.05) is 47.5 Å². The Balaban J connectivity index is 1.93. The molecular weight excluding hydrogens is 260 g/mol. The van der Waals surface area contributed by atoms with E-state index >= 15 is 0 Å². The van der Waals surface area contributed by atoms with Gasteiger partial charge in [0.2, 0.25) is 0 Å². The Bertz CT molecular complexity index is 624. The van der Waals surface area contributed by atoms with Crippen LogP contribution in [-0.4, -0.2) is 21.0 Å². The average Bonchev–Trinajstić information content (AvgIpc) is 3.30. The highest BCUT2D eigenvalue weighted by Gasteiger charge is 2.21. The highest BCUT2D eigenvalue weighted by Crippen LogP contribution is 2.24. The van der Waals surface area contributed by atoms with Crippen LogP contribution in [0.1, 0.15) is 42.3 Å². The fraction of sp³-hybridized carbons (Fsp3) is 0.471. The first-order valence-corrected chi connectivity index (χ1v) is 7.69. The lowest BCUT2D eigenvalue weighted by molar-refractivity contribution is 0.675. The highest BCUT2D eigenvalue weighted by atomic mass is 15.0. The van der Waals surface area contributed by atoms with Crippen molar-refractivity contribution >= 4 is 0 Å². The predicted octanol–water partition coefficient (Wildman–Crippen LogP) is 2.97. The van der Waals surface area contributed by atoms with Crippen molar-refractivity contribution in [2.75, 3.05) is 0 Å². The number of pyridine rings is 1. The minimum atomic E-state index is 0.704. The Morgan fingerprint density at radius 3 is 2.52 bits per heavy atom. The predicted molar refractivity (Wildman–Crippen MR) is 84.0 cm³/mol. The van der Waals surface area contributed by atoms with Crippen LogP contribution in [0.4, 0.5) is 0 Å². The quantitative estimate of drug-likeness (QED) is 0.916. The van der Waals surface area contributed by atoms with Gasteiger partial charge < -0.3 is 5.32 Å². The van der Waals surface area contributed by atoms with Gasteiger partial charge in [-0.05, 0) is 44.7 Å². The van der Waals surface area contributed by atoms with Crippen LogP contribution in [0.5, 0.6) is 0 Å². The van der Waals surface area contributed by atoms with Crippen molar-refractivity contribution in [3.05, 3.63) is 41.0 Å². The third-order valence-electron chi connectivity index (χ3n) is 4.09. The standard InChI is InChI=1S/C17H22N4/c1-4-13-9-18-8-7-15(13)17-20-11(2)16(12(3)21-17)10-19-14-5-6-14/h7-9,14,19H,4-6,10H2,1-3H3. The maximum Gasteiger partial charge on any atom is 0.160 e. The maximum atomic E-state index is 4.73. The van der Waals surface area contributed by atoms with E-state index in [0.29, 0.717) is 6.04 Å². The van der Waals surface area contributed by atoms with Crippen LogP contribution in [-0.2, 0) is 13.0 Å². The molecule has 3 rings (SSSR count). The topological polar surface area (TPSA) is 50.7 Å². The Labute approximate surface area is 126 Å². The summed E-state index contributed by atoms with van der Waals surface area (Å²) < 4.78 is 0. The minimum absolute atomic E-state index is 0.704. The molecule has 4 nitrogen and oxygen atoms in total. The van der Waals surface area contributed by atoms with Crippen LogP contribution in [0.25, 0.3) is 11.4 Å². The smallest absolute Gasteiger partial charge is 0.160 e. The molecule has 1 aliphatic rings. The monoisotopic (exact) mass is 282 g/mol. The van der Waals surface area contributed by atoms with Crippen molar-refractivity contribution in [2.24, 2.45) is 0 Å². The molecule has 0 bridgehead atoms. The molecule has 0 saturated heterocycles. The number of aromatic nitrogens is 3. The van der Waals surface area contributed by atoms with E-state index in [1.165, 1.54) is 24.0 Å². The summed E-state index contributed by atoms with van der Waals surface area (Å²) in [6.07, 6.45) is 7.26. The lowest BCUT2D eigenvalue weighted by Crippen LogP contribution is -2.18. The zero-order valence-corrected chi connectivity index (χ0v) is 13.0. The largest absolute Gasteiger partial charge is 0.310 e. The van der Waals surface area contributed by atoms with Crippen molar-refractivity contribution in [3.63, 3.8) is 0 Å². The van der Waals surface area contributed by atoms with E-state index in [-0.39, 0.29) is 0 Å². The van der Waals surface area contributed by atoms with E-state index in [4.69, 9.17) is 9.97 Å². The van der Waals surface area contributed by atoms with Crippen molar-refractivity contribution in [3.8, 4) is 11.4 Å².